The Morgan fingerprint density at radius 2 is 1.49 bits per heavy atom. The fourth-order valence-electron chi connectivity index (χ4n) is 3.14. The van der Waals surface area contributed by atoms with Crippen molar-refractivity contribution in [3.05, 3.63) is 0 Å². The lowest BCUT2D eigenvalue weighted by molar-refractivity contribution is -0.133. The minimum Gasteiger partial charge on any atom is -0.370 e. The molecule has 200 valence electrons. The minimum atomic E-state index is -0.932. The summed E-state index contributed by atoms with van der Waals surface area (Å²) in [5, 5.41) is 13.1. The molecular weight excluding hydrogens is 456 g/mol. The van der Waals surface area contributed by atoms with E-state index < -0.39 is 41.8 Å². The van der Waals surface area contributed by atoms with Crippen LogP contribution < -0.4 is 38.1 Å². The number of primary amides is 1. The maximum Gasteiger partial charge on any atom is 0.243 e. The SMILES string of the molecule is CN=C(N)NCCC[C@H](NC(=O)[C@H](CC(C)C)NC(=O)CNC(=O)[C@@H](NC(C)=O)C(C)C)C(N)=O. The number of hydrogen-bond donors (Lipinski definition) is 7. The van der Waals surface area contributed by atoms with E-state index in [9.17, 15) is 24.0 Å². The van der Waals surface area contributed by atoms with Gasteiger partial charge in [-0.1, -0.05) is 27.7 Å². The van der Waals surface area contributed by atoms with Crippen molar-refractivity contribution in [1.29, 1.82) is 0 Å². The molecule has 0 aliphatic carbocycles. The van der Waals surface area contributed by atoms with Gasteiger partial charge in [-0.05, 0) is 31.1 Å². The Morgan fingerprint density at radius 3 is 1.97 bits per heavy atom. The minimum absolute atomic E-state index is 0.0539. The molecule has 0 aromatic heterocycles. The first kappa shape index (κ1) is 31.6. The van der Waals surface area contributed by atoms with E-state index in [2.05, 4.69) is 31.6 Å². The van der Waals surface area contributed by atoms with E-state index in [0.717, 1.165) is 0 Å². The predicted molar refractivity (Wildman–Crippen MR) is 133 cm³/mol. The molecule has 13 heteroatoms. The first-order valence-electron chi connectivity index (χ1n) is 11.7. The fraction of sp³-hybridized carbons (Fsp3) is 0.727. The van der Waals surface area contributed by atoms with Crippen molar-refractivity contribution in [2.75, 3.05) is 20.1 Å². The summed E-state index contributed by atoms with van der Waals surface area (Å²) in [4.78, 5) is 64.6. The molecule has 0 spiro atoms. The summed E-state index contributed by atoms with van der Waals surface area (Å²) in [5.74, 6) is -2.58. The maximum atomic E-state index is 12.9. The Balaban J connectivity index is 5.03. The zero-order chi connectivity index (χ0) is 27.1. The molecule has 0 saturated carbocycles. The molecule has 0 fully saturated rings. The van der Waals surface area contributed by atoms with Gasteiger partial charge in [0.25, 0.3) is 0 Å². The number of hydrogen-bond acceptors (Lipinski definition) is 6. The zero-order valence-corrected chi connectivity index (χ0v) is 21.6. The Morgan fingerprint density at radius 1 is 0.857 bits per heavy atom. The molecule has 0 aromatic rings. The average Bonchev–Trinajstić information content (AvgIpc) is 2.76. The summed E-state index contributed by atoms with van der Waals surface area (Å²) in [6.45, 7) is 8.65. The van der Waals surface area contributed by atoms with Crippen molar-refractivity contribution in [3.63, 3.8) is 0 Å². The molecule has 13 nitrogen and oxygen atoms in total. The monoisotopic (exact) mass is 498 g/mol. The first-order valence-corrected chi connectivity index (χ1v) is 11.7. The van der Waals surface area contributed by atoms with Crippen molar-refractivity contribution in [2.45, 2.75) is 72.0 Å². The molecule has 0 saturated heterocycles. The molecule has 0 aliphatic rings. The van der Waals surface area contributed by atoms with Crippen molar-refractivity contribution >= 4 is 35.5 Å². The number of aliphatic imine (C=N–C) groups is 1. The van der Waals surface area contributed by atoms with Gasteiger partial charge in [-0.2, -0.15) is 0 Å². The molecule has 0 aliphatic heterocycles. The van der Waals surface area contributed by atoms with E-state index in [1.54, 1.807) is 13.8 Å². The number of nitrogens with two attached hydrogens (primary N) is 2. The molecule has 0 aromatic carbocycles. The predicted octanol–water partition coefficient (Wildman–Crippen LogP) is -1.92. The lowest BCUT2D eigenvalue weighted by atomic mass is 10.0. The molecule has 0 unspecified atom stereocenters. The summed E-state index contributed by atoms with van der Waals surface area (Å²) in [5.41, 5.74) is 11.0. The van der Waals surface area contributed by atoms with Crippen molar-refractivity contribution in [1.82, 2.24) is 26.6 Å². The molecule has 0 heterocycles. The van der Waals surface area contributed by atoms with Crippen LogP contribution in [0.3, 0.4) is 0 Å². The van der Waals surface area contributed by atoms with Gasteiger partial charge in [0.2, 0.25) is 29.5 Å². The van der Waals surface area contributed by atoms with Gasteiger partial charge in [-0.25, -0.2) is 0 Å². The normalized spacial score (nSPS) is 14.0. The number of carbonyl (C=O) groups excluding carboxylic acids is 5. The summed E-state index contributed by atoms with van der Waals surface area (Å²) in [7, 11) is 1.54. The van der Waals surface area contributed by atoms with Gasteiger partial charge < -0.3 is 38.1 Å². The van der Waals surface area contributed by atoms with E-state index in [1.807, 2.05) is 13.8 Å². The maximum absolute atomic E-state index is 12.9. The Hall–Kier alpha value is -3.38. The second kappa shape index (κ2) is 16.3. The molecule has 0 radical (unpaired) electrons. The van der Waals surface area contributed by atoms with Gasteiger partial charge in [-0.15, -0.1) is 0 Å². The second-order valence-corrected chi connectivity index (χ2v) is 9.03. The molecule has 0 rings (SSSR count). The van der Waals surface area contributed by atoms with Crippen LogP contribution in [0, 0.1) is 11.8 Å². The number of nitrogens with zero attached hydrogens (tertiary/aromatic N) is 1. The lowest BCUT2D eigenvalue weighted by Gasteiger charge is -2.24. The van der Waals surface area contributed by atoms with Crippen molar-refractivity contribution < 1.29 is 24.0 Å². The third kappa shape index (κ3) is 13.8. The fourth-order valence-corrected chi connectivity index (χ4v) is 3.14. The molecule has 0 bridgehead atoms. The van der Waals surface area contributed by atoms with E-state index in [-0.39, 0.29) is 36.7 Å². The van der Waals surface area contributed by atoms with Crippen molar-refractivity contribution in [3.8, 4) is 0 Å². The van der Waals surface area contributed by atoms with Gasteiger partial charge in [0.05, 0.1) is 6.54 Å². The highest BCUT2D eigenvalue weighted by atomic mass is 16.2. The van der Waals surface area contributed by atoms with E-state index in [1.165, 1.54) is 14.0 Å². The van der Waals surface area contributed by atoms with Gasteiger partial charge in [0, 0.05) is 20.5 Å². The highest BCUT2D eigenvalue weighted by Gasteiger charge is 2.27. The largest absolute Gasteiger partial charge is 0.370 e. The summed E-state index contributed by atoms with van der Waals surface area (Å²) < 4.78 is 0. The second-order valence-electron chi connectivity index (χ2n) is 9.03. The van der Waals surface area contributed by atoms with Gasteiger partial charge in [0.15, 0.2) is 5.96 Å². The molecule has 9 N–H and O–H groups in total. The number of carbonyl (C=O) groups is 5. The third-order valence-corrected chi connectivity index (χ3v) is 4.97. The Kier molecular flexibility index (Phi) is 14.7. The number of rotatable bonds is 15. The lowest BCUT2D eigenvalue weighted by Crippen LogP contribution is -2.55. The van der Waals surface area contributed by atoms with Crippen molar-refractivity contribution in [2.24, 2.45) is 28.3 Å². The molecule has 5 amide bonds. The average molecular weight is 499 g/mol. The molecular formula is C22H42N8O5. The number of nitrogens with one attached hydrogen (secondary N) is 5. The smallest absolute Gasteiger partial charge is 0.243 e. The Bertz CT molecular complexity index is 769. The third-order valence-electron chi connectivity index (χ3n) is 4.97. The van der Waals surface area contributed by atoms with Gasteiger partial charge in [0.1, 0.15) is 18.1 Å². The first-order chi connectivity index (χ1) is 16.3. The molecule has 35 heavy (non-hydrogen) atoms. The summed E-state index contributed by atoms with van der Waals surface area (Å²) >= 11 is 0. The van der Waals surface area contributed by atoms with Crippen LogP contribution in [-0.2, 0) is 24.0 Å². The van der Waals surface area contributed by atoms with E-state index in [0.29, 0.717) is 19.4 Å². The van der Waals surface area contributed by atoms with Crippen LogP contribution in [0.1, 0.15) is 53.9 Å². The van der Waals surface area contributed by atoms with E-state index in [4.69, 9.17) is 11.5 Å². The highest BCUT2D eigenvalue weighted by Crippen LogP contribution is 2.07. The number of guanidine groups is 1. The molecule has 3 atom stereocenters. The summed E-state index contributed by atoms with van der Waals surface area (Å²) in [6, 6.07) is -2.65. The quantitative estimate of drug-likeness (QED) is 0.0772. The van der Waals surface area contributed by atoms with Crippen LogP contribution in [0.5, 0.6) is 0 Å². The van der Waals surface area contributed by atoms with Gasteiger partial charge >= 0.3 is 0 Å². The van der Waals surface area contributed by atoms with Gasteiger partial charge in [-0.3, -0.25) is 29.0 Å². The zero-order valence-electron chi connectivity index (χ0n) is 21.6. The topological polar surface area (TPSA) is 210 Å². The highest BCUT2D eigenvalue weighted by molar-refractivity contribution is 5.93. The standard InChI is InChI=1S/C22H42N8O5/c1-12(2)10-16(20(34)30-15(19(23)33)8-7-9-26-22(24)25-6)29-17(32)11-27-21(35)18(13(3)4)28-14(5)31/h12-13,15-16,18H,7-11H2,1-6H3,(H2,23,33)(H,27,35)(H,28,31)(H,29,32)(H,30,34)(H3,24,25,26)/t15-,16-,18-/m0/s1. The van der Waals surface area contributed by atoms with Crippen LogP contribution >= 0.6 is 0 Å². The van der Waals surface area contributed by atoms with Crippen LogP contribution in [0.25, 0.3) is 0 Å². The van der Waals surface area contributed by atoms with Crippen LogP contribution in [0.2, 0.25) is 0 Å². The van der Waals surface area contributed by atoms with Crippen LogP contribution in [0.15, 0.2) is 4.99 Å². The van der Waals surface area contributed by atoms with E-state index >= 15 is 0 Å². The summed E-state index contributed by atoms with van der Waals surface area (Å²) in [6.07, 6.45) is 1.06. The Labute approximate surface area is 207 Å². The van der Waals surface area contributed by atoms with Crippen LogP contribution in [0.4, 0.5) is 0 Å². The number of amides is 5. The van der Waals surface area contributed by atoms with Crippen LogP contribution in [-0.4, -0.2) is 73.8 Å².